The van der Waals surface area contributed by atoms with Gasteiger partial charge in [-0.05, 0) is 56.6 Å². The molecule has 0 bridgehead atoms. The molecule has 2 aromatic carbocycles. The monoisotopic (exact) mass is 340 g/mol. The second-order valence-corrected chi connectivity index (χ2v) is 6.79. The van der Waals surface area contributed by atoms with E-state index in [0.717, 1.165) is 11.1 Å². The summed E-state index contributed by atoms with van der Waals surface area (Å²) in [5.41, 5.74) is 1.59. The Morgan fingerprint density at radius 2 is 1.96 bits per heavy atom. The maximum Gasteiger partial charge on any atom is 0.187 e. The topological polar surface area (TPSA) is 45.9 Å². The van der Waals surface area contributed by atoms with Crippen LogP contribution in [0.3, 0.4) is 0 Å². The Hall–Kier alpha value is -2.42. The third-order valence-corrected chi connectivity index (χ3v) is 4.55. The summed E-state index contributed by atoms with van der Waals surface area (Å²) in [4.78, 5) is 3.46. The van der Waals surface area contributed by atoms with E-state index < -0.39 is 11.7 Å². The summed E-state index contributed by atoms with van der Waals surface area (Å²) in [6.45, 7) is 11.5. The second-order valence-electron chi connectivity index (χ2n) is 6.79. The summed E-state index contributed by atoms with van der Waals surface area (Å²) in [5, 5.41) is 14.1. The van der Waals surface area contributed by atoms with Crippen LogP contribution in [0.4, 0.5) is 10.1 Å². The lowest BCUT2D eigenvalue weighted by Gasteiger charge is -2.42. The summed E-state index contributed by atoms with van der Waals surface area (Å²) in [6, 6.07) is 11.3. The maximum atomic E-state index is 13.0. The predicted octanol–water partition coefficient (Wildman–Crippen LogP) is 3.78. The van der Waals surface area contributed by atoms with Gasteiger partial charge < -0.3 is 15.2 Å². The molecule has 1 aliphatic heterocycles. The third kappa shape index (κ3) is 3.65. The highest BCUT2D eigenvalue weighted by atomic mass is 19.1. The molecular weight excluding hydrogens is 319 g/mol. The number of ether oxygens (including phenoxy) is 1. The molecule has 1 aliphatic rings. The van der Waals surface area contributed by atoms with Crippen molar-refractivity contribution in [2.24, 2.45) is 0 Å². The van der Waals surface area contributed by atoms with Gasteiger partial charge in [0, 0.05) is 5.56 Å². The van der Waals surface area contributed by atoms with Gasteiger partial charge in [-0.3, -0.25) is 0 Å². The van der Waals surface area contributed by atoms with Gasteiger partial charge in [0.2, 0.25) is 0 Å². The zero-order valence-electron chi connectivity index (χ0n) is 14.3. The summed E-state index contributed by atoms with van der Waals surface area (Å²) in [5.74, 6) is 0.431. The number of hydrogen-bond donors (Lipinski definition) is 2. The van der Waals surface area contributed by atoms with Crippen molar-refractivity contribution in [1.29, 1.82) is 0 Å². The molecule has 5 heteroatoms. The summed E-state index contributed by atoms with van der Waals surface area (Å²) >= 11 is 0. The predicted molar refractivity (Wildman–Crippen MR) is 94.3 cm³/mol. The number of aliphatic hydroxyl groups excluding tert-OH is 1. The van der Waals surface area contributed by atoms with E-state index in [0.29, 0.717) is 24.4 Å². The van der Waals surface area contributed by atoms with Gasteiger partial charge in [0.1, 0.15) is 23.3 Å². The number of rotatable bonds is 4. The summed E-state index contributed by atoms with van der Waals surface area (Å²) in [6.07, 6.45) is -0.0444. The fourth-order valence-electron chi connectivity index (χ4n) is 3.10. The van der Waals surface area contributed by atoms with Gasteiger partial charge >= 0.3 is 0 Å². The molecular formula is C20H21FN2O2. The van der Waals surface area contributed by atoms with Crippen LogP contribution in [0.15, 0.2) is 42.5 Å². The lowest BCUT2D eigenvalue weighted by atomic mass is 9.86. The van der Waals surface area contributed by atoms with Gasteiger partial charge in [-0.25, -0.2) is 9.24 Å². The number of nitrogens with one attached hydrogen (secondary N) is 1. The molecule has 0 aromatic heterocycles. The molecule has 25 heavy (non-hydrogen) atoms. The standard InChI is InChI=1S/C20H21FN2O2/c1-20(2)19(24)18(16-12-15(22-3)8-9-17(16)25-20)23-11-10-13-4-6-14(21)7-5-13/h4-9,12,18-19,23-24H,10-11H2,1-2H3. The van der Waals surface area contributed by atoms with Gasteiger partial charge in [0.05, 0.1) is 12.6 Å². The normalized spacial score (nSPS) is 21.1. The van der Waals surface area contributed by atoms with Crippen molar-refractivity contribution in [2.75, 3.05) is 6.54 Å². The molecule has 0 radical (unpaired) electrons. The Balaban J connectivity index is 1.79. The molecule has 0 amide bonds. The minimum atomic E-state index is -0.755. The van der Waals surface area contributed by atoms with E-state index in [-0.39, 0.29) is 11.9 Å². The second kappa shape index (κ2) is 6.83. The van der Waals surface area contributed by atoms with Crippen molar-refractivity contribution < 1.29 is 14.2 Å². The van der Waals surface area contributed by atoms with E-state index in [9.17, 15) is 9.50 Å². The molecule has 0 saturated carbocycles. The molecule has 2 unspecified atom stereocenters. The van der Waals surface area contributed by atoms with E-state index in [1.807, 2.05) is 13.8 Å². The molecule has 2 atom stereocenters. The first-order chi connectivity index (χ1) is 11.9. The van der Waals surface area contributed by atoms with Crippen LogP contribution < -0.4 is 10.1 Å². The van der Waals surface area contributed by atoms with E-state index in [1.54, 1.807) is 30.3 Å². The Morgan fingerprint density at radius 1 is 1.24 bits per heavy atom. The number of hydrogen-bond acceptors (Lipinski definition) is 3. The highest BCUT2D eigenvalue weighted by Gasteiger charge is 2.42. The molecule has 0 fully saturated rings. The molecule has 2 N–H and O–H groups in total. The highest BCUT2D eigenvalue weighted by Crippen LogP contribution is 2.41. The Morgan fingerprint density at radius 3 is 2.64 bits per heavy atom. The van der Waals surface area contributed by atoms with Crippen molar-refractivity contribution in [2.45, 2.75) is 38.0 Å². The van der Waals surface area contributed by atoms with Crippen LogP contribution in [0.1, 0.15) is 31.0 Å². The smallest absolute Gasteiger partial charge is 0.187 e. The minimum absolute atomic E-state index is 0.251. The van der Waals surface area contributed by atoms with Crippen molar-refractivity contribution in [1.82, 2.24) is 5.32 Å². The molecule has 4 nitrogen and oxygen atoms in total. The molecule has 0 aliphatic carbocycles. The van der Waals surface area contributed by atoms with Crippen molar-refractivity contribution in [3.05, 3.63) is 70.8 Å². The van der Waals surface area contributed by atoms with Crippen LogP contribution in [0.2, 0.25) is 0 Å². The zero-order valence-corrected chi connectivity index (χ0v) is 14.3. The van der Waals surface area contributed by atoms with Crippen molar-refractivity contribution in [3.63, 3.8) is 0 Å². The fraction of sp³-hybridized carbons (Fsp3) is 0.350. The lowest BCUT2D eigenvalue weighted by Crippen LogP contribution is -2.52. The van der Waals surface area contributed by atoms with Gasteiger partial charge in [-0.15, -0.1) is 0 Å². The van der Waals surface area contributed by atoms with Crippen LogP contribution in [-0.4, -0.2) is 23.4 Å². The average Bonchev–Trinajstić information content (AvgIpc) is 2.59. The molecule has 130 valence electrons. The van der Waals surface area contributed by atoms with Crippen molar-refractivity contribution in [3.8, 4) is 5.75 Å². The highest BCUT2D eigenvalue weighted by molar-refractivity contribution is 5.54. The van der Waals surface area contributed by atoms with Crippen LogP contribution in [0.5, 0.6) is 5.75 Å². The van der Waals surface area contributed by atoms with E-state index >= 15 is 0 Å². The van der Waals surface area contributed by atoms with Crippen molar-refractivity contribution >= 4 is 5.69 Å². The number of halogens is 1. The van der Waals surface area contributed by atoms with Gasteiger partial charge in [-0.1, -0.05) is 18.2 Å². The molecule has 2 aromatic rings. The average molecular weight is 340 g/mol. The molecule has 0 saturated heterocycles. The number of nitrogens with zero attached hydrogens (tertiary/aromatic N) is 1. The number of benzene rings is 2. The van der Waals surface area contributed by atoms with Crippen LogP contribution in [-0.2, 0) is 6.42 Å². The quantitative estimate of drug-likeness (QED) is 0.833. The Labute approximate surface area is 147 Å². The number of fused-ring (bicyclic) bond motifs is 1. The summed E-state index contributed by atoms with van der Waals surface area (Å²) < 4.78 is 18.9. The molecule has 3 rings (SSSR count). The maximum absolute atomic E-state index is 13.0. The van der Waals surface area contributed by atoms with Crippen LogP contribution in [0.25, 0.3) is 4.85 Å². The lowest BCUT2D eigenvalue weighted by molar-refractivity contribution is -0.0643. The molecule has 1 heterocycles. The van der Waals surface area contributed by atoms with Crippen LogP contribution >= 0.6 is 0 Å². The third-order valence-electron chi connectivity index (χ3n) is 4.55. The first-order valence-electron chi connectivity index (χ1n) is 8.27. The Bertz CT molecular complexity index is 796. The fourth-order valence-corrected chi connectivity index (χ4v) is 3.10. The summed E-state index contributed by atoms with van der Waals surface area (Å²) in [7, 11) is 0. The van der Waals surface area contributed by atoms with E-state index in [2.05, 4.69) is 10.2 Å². The minimum Gasteiger partial charge on any atom is -0.485 e. The van der Waals surface area contributed by atoms with Gasteiger partial charge in [-0.2, -0.15) is 0 Å². The van der Waals surface area contributed by atoms with Gasteiger partial charge in [0.15, 0.2) is 5.69 Å². The largest absolute Gasteiger partial charge is 0.485 e. The molecule has 0 spiro atoms. The van der Waals surface area contributed by atoms with E-state index in [4.69, 9.17) is 11.3 Å². The zero-order chi connectivity index (χ0) is 18.0. The van der Waals surface area contributed by atoms with E-state index in [1.165, 1.54) is 12.1 Å². The Kier molecular flexibility index (Phi) is 4.76. The first kappa shape index (κ1) is 17.4. The van der Waals surface area contributed by atoms with Crippen LogP contribution in [0, 0.1) is 12.4 Å². The van der Waals surface area contributed by atoms with Gasteiger partial charge in [0.25, 0.3) is 0 Å². The first-order valence-corrected chi connectivity index (χ1v) is 8.27. The number of aliphatic hydroxyl groups is 1. The SMILES string of the molecule is [C-]#[N+]c1ccc2c(c1)C(NCCc1ccc(F)cc1)C(O)C(C)(C)O2.